The highest BCUT2D eigenvalue weighted by molar-refractivity contribution is 6.42. The summed E-state index contributed by atoms with van der Waals surface area (Å²) >= 11 is 11.8. The standard InChI is InChI=1S/C20H13Cl2FN2O2/c21-17-10-3-13(11-18(17)22)20(27)25-15-6-1-12(2-7-15)19(26)24-16-8-4-14(23)5-9-16/h1-11H,(H,24,26)(H,25,27). The zero-order chi connectivity index (χ0) is 19.4. The number of hydrogen-bond donors (Lipinski definition) is 2. The lowest BCUT2D eigenvalue weighted by atomic mass is 10.1. The zero-order valence-corrected chi connectivity index (χ0v) is 15.3. The lowest BCUT2D eigenvalue weighted by Crippen LogP contribution is -2.13. The Morgan fingerprint density at radius 2 is 1.15 bits per heavy atom. The van der Waals surface area contributed by atoms with Crippen LogP contribution in [0, 0.1) is 5.82 Å². The third-order valence-corrected chi connectivity index (χ3v) is 4.43. The largest absolute Gasteiger partial charge is 0.322 e. The molecule has 0 saturated carbocycles. The molecular weight excluding hydrogens is 390 g/mol. The van der Waals surface area contributed by atoms with Crippen molar-refractivity contribution in [2.45, 2.75) is 0 Å². The lowest BCUT2D eigenvalue weighted by molar-refractivity contribution is 0.102. The van der Waals surface area contributed by atoms with Gasteiger partial charge in [-0.3, -0.25) is 9.59 Å². The van der Waals surface area contributed by atoms with E-state index < -0.39 is 0 Å². The number of rotatable bonds is 4. The van der Waals surface area contributed by atoms with Crippen LogP contribution in [0.4, 0.5) is 15.8 Å². The van der Waals surface area contributed by atoms with Crippen molar-refractivity contribution in [2.75, 3.05) is 10.6 Å². The van der Waals surface area contributed by atoms with E-state index in [9.17, 15) is 14.0 Å². The number of halogens is 3. The van der Waals surface area contributed by atoms with Crippen LogP contribution >= 0.6 is 23.2 Å². The second kappa shape index (κ2) is 8.20. The minimum Gasteiger partial charge on any atom is -0.322 e. The van der Waals surface area contributed by atoms with Gasteiger partial charge in [-0.25, -0.2) is 4.39 Å². The quantitative estimate of drug-likeness (QED) is 0.593. The fourth-order valence-corrected chi connectivity index (χ4v) is 2.58. The van der Waals surface area contributed by atoms with Crippen LogP contribution in [0.2, 0.25) is 10.0 Å². The third kappa shape index (κ3) is 4.84. The van der Waals surface area contributed by atoms with Crippen LogP contribution in [0.5, 0.6) is 0 Å². The molecule has 4 nitrogen and oxygen atoms in total. The van der Waals surface area contributed by atoms with Crippen molar-refractivity contribution in [2.24, 2.45) is 0 Å². The Bertz CT molecular complexity index is 990. The van der Waals surface area contributed by atoms with Gasteiger partial charge in [0, 0.05) is 22.5 Å². The van der Waals surface area contributed by atoms with Crippen molar-refractivity contribution in [3.05, 3.63) is 93.7 Å². The average Bonchev–Trinajstić information content (AvgIpc) is 2.66. The second-order valence-electron chi connectivity index (χ2n) is 5.62. The number of hydrogen-bond acceptors (Lipinski definition) is 2. The molecule has 2 N–H and O–H groups in total. The van der Waals surface area contributed by atoms with Gasteiger partial charge >= 0.3 is 0 Å². The molecule has 0 unspecified atom stereocenters. The summed E-state index contributed by atoms with van der Waals surface area (Å²) in [6, 6.07) is 16.4. The molecule has 0 fully saturated rings. The Hall–Kier alpha value is -2.89. The van der Waals surface area contributed by atoms with Crippen molar-refractivity contribution in [1.82, 2.24) is 0 Å². The molecule has 136 valence electrons. The molecule has 3 aromatic carbocycles. The molecule has 0 heterocycles. The monoisotopic (exact) mass is 402 g/mol. The highest BCUT2D eigenvalue weighted by atomic mass is 35.5. The molecule has 3 rings (SSSR count). The van der Waals surface area contributed by atoms with E-state index in [-0.39, 0.29) is 22.7 Å². The van der Waals surface area contributed by atoms with Crippen LogP contribution in [0.15, 0.2) is 66.7 Å². The van der Waals surface area contributed by atoms with E-state index in [0.29, 0.717) is 27.5 Å². The Morgan fingerprint density at radius 3 is 1.70 bits per heavy atom. The maximum Gasteiger partial charge on any atom is 0.255 e. The van der Waals surface area contributed by atoms with E-state index in [2.05, 4.69) is 10.6 Å². The Labute approximate surface area is 164 Å². The molecule has 0 aliphatic heterocycles. The van der Waals surface area contributed by atoms with E-state index in [4.69, 9.17) is 23.2 Å². The number of nitrogens with one attached hydrogen (secondary N) is 2. The highest BCUT2D eigenvalue weighted by Gasteiger charge is 2.10. The number of carbonyl (C=O) groups is 2. The molecule has 0 saturated heterocycles. The fraction of sp³-hybridized carbons (Fsp3) is 0. The first-order valence-electron chi connectivity index (χ1n) is 7.86. The summed E-state index contributed by atoms with van der Waals surface area (Å²) in [7, 11) is 0. The normalized spacial score (nSPS) is 10.3. The molecule has 0 aromatic heterocycles. The molecular formula is C20H13Cl2FN2O2. The van der Waals surface area contributed by atoms with Crippen molar-refractivity contribution in [3.63, 3.8) is 0 Å². The SMILES string of the molecule is O=C(Nc1ccc(F)cc1)c1ccc(NC(=O)c2ccc(Cl)c(Cl)c2)cc1. The van der Waals surface area contributed by atoms with E-state index in [1.807, 2.05) is 0 Å². The summed E-state index contributed by atoms with van der Waals surface area (Å²) in [6.45, 7) is 0. The fourth-order valence-electron chi connectivity index (χ4n) is 2.28. The first-order chi connectivity index (χ1) is 12.9. The molecule has 0 radical (unpaired) electrons. The van der Waals surface area contributed by atoms with Gasteiger partial charge in [0.25, 0.3) is 11.8 Å². The van der Waals surface area contributed by atoms with E-state index in [1.54, 1.807) is 36.4 Å². The lowest BCUT2D eigenvalue weighted by Gasteiger charge is -2.08. The summed E-state index contributed by atoms with van der Waals surface area (Å²) in [5, 5.41) is 6.03. The molecule has 0 bridgehead atoms. The second-order valence-corrected chi connectivity index (χ2v) is 6.44. The van der Waals surface area contributed by atoms with E-state index in [0.717, 1.165) is 0 Å². The molecule has 0 spiro atoms. The molecule has 2 amide bonds. The maximum atomic E-state index is 12.9. The average molecular weight is 403 g/mol. The van der Waals surface area contributed by atoms with Gasteiger partial charge in [-0.05, 0) is 66.7 Å². The van der Waals surface area contributed by atoms with Crippen LogP contribution in [-0.4, -0.2) is 11.8 Å². The van der Waals surface area contributed by atoms with Gasteiger partial charge in [0.15, 0.2) is 0 Å². The first-order valence-corrected chi connectivity index (χ1v) is 8.61. The molecule has 0 aliphatic rings. The Morgan fingerprint density at radius 1 is 0.667 bits per heavy atom. The Balaban J connectivity index is 1.65. The summed E-state index contributed by atoms with van der Waals surface area (Å²) in [4.78, 5) is 24.4. The van der Waals surface area contributed by atoms with Gasteiger partial charge in [-0.2, -0.15) is 0 Å². The molecule has 3 aromatic rings. The van der Waals surface area contributed by atoms with Crippen LogP contribution in [0.25, 0.3) is 0 Å². The van der Waals surface area contributed by atoms with Crippen LogP contribution < -0.4 is 10.6 Å². The van der Waals surface area contributed by atoms with Crippen LogP contribution in [0.1, 0.15) is 20.7 Å². The van der Waals surface area contributed by atoms with E-state index >= 15 is 0 Å². The predicted octanol–water partition coefficient (Wildman–Crippen LogP) is 5.64. The van der Waals surface area contributed by atoms with Crippen molar-refractivity contribution >= 4 is 46.4 Å². The van der Waals surface area contributed by atoms with Gasteiger partial charge in [-0.15, -0.1) is 0 Å². The third-order valence-electron chi connectivity index (χ3n) is 3.69. The van der Waals surface area contributed by atoms with Crippen molar-refractivity contribution in [1.29, 1.82) is 0 Å². The maximum absolute atomic E-state index is 12.9. The van der Waals surface area contributed by atoms with E-state index in [1.165, 1.54) is 30.3 Å². The summed E-state index contributed by atoms with van der Waals surface area (Å²) in [5.41, 5.74) is 1.76. The van der Waals surface area contributed by atoms with Gasteiger partial charge in [0.2, 0.25) is 0 Å². The zero-order valence-electron chi connectivity index (χ0n) is 13.8. The van der Waals surface area contributed by atoms with Crippen LogP contribution in [-0.2, 0) is 0 Å². The summed E-state index contributed by atoms with van der Waals surface area (Å²) < 4.78 is 12.9. The molecule has 0 atom stereocenters. The number of anilines is 2. The van der Waals surface area contributed by atoms with Gasteiger partial charge in [0.05, 0.1) is 10.0 Å². The van der Waals surface area contributed by atoms with Crippen molar-refractivity contribution < 1.29 is 14.0 Å². The molecule has 0 aliphatic carbocycles. The van der Waals surface area contributed by atoms with Crippen molar-refractivity contribution in [3.8, 4) is 0 Å². The predicted molar refractivity (Wildman–Crippen MR) is 105 cm³/mol. The molecule has 7 heteroatoms. The Kier molecular flexibility index (Phi) is 5.74. The van der Waals surface area contributed by atoms with Gasteiger partial charge in [-0.1, -0.05) is 23.2 Å². The molecule has 27 heavy (non-hydrogen) atoms. The summed E-state index contributed by atoms with van der Waals surface area (Å²) in [5.74, 6) is -1.07. The van der Waals surface area contributed by atoms with Gasteiger partial charge < -0.3 is 10.6 Å². The topological polar surface area (TPSA) is 58.2 Å². The first kappa shape index (κ1) is 18.9. The van der Waals surface area contributed by atoms with Gasteiger partial charge in [0.1, 0.15) is 5.82 Å². The number of carbonyl (C=O) groups excluding carboxylic acids is 2. The highest BCUT2D eigenvalue weighted by Crippen LogP contribution is 2.23. The number of benzene rings is 3. The smallest absolute Gasteiger partial charge is 0.255 e. The minimum absolute atomic E-state index is 0.289. The summed E-state index contributed by atoms with van der Waals surface area (Å²) in [6.07, 6.45) is 0. The number of amides is 2. The minimum atomic E-state index is -0.380. The van der Waals surface area contributed by atoms with Crippen LogP contribution in [0.3, 0.4) is 0 Å².